The Morgan fingerprint density at radius 1 is 1.15 bits per heavy atom. The summed E-state index contributed by atoms with van der Waals surface area (Å²) in [7, 11) is 0. The van der Waals surface area contributed by atoms with Gasteiger partial charge < -0.3 is 15.0 Å². The first-order valence-electron chi connectivity index (χ1n) is 8.55. The lowest BCUT2D eigenvalue weighted by Crippen LogP contribution is -2.36. The van der Waals surface area contributed by atoms with Gasteiger partial charge in [0.1, 0.15) is 0 Å². The third-order valence-electron chi connectivity index (χ3n) is 4.15. The second kappa shape index (κ2) is 7.68. The van der Waals surface area contributed by atoms with Crippen LogP contribution in [-0.2, 0) is 9.53 Å². The molecule has 1 fully saturated rings. The molecule has 132 valence electrons. The van der Waals surface area contributed by atoms with Crippen molar-refractivity contribution in [1.82, 2.24) is 4.98 Å². The molecule has 0 saturated carbocycles. The van der Waals surface area contributed by atoms with Crippen molar-refractivity contribution >= 4 is 44.4 Å². The van der Waals surface area contributed by atoms with E-state index < -0.39 is 0 Å². The fraction of sp³-hybridized carbons (Fsp3) is 0.200. The summed E-state index contributed by atoms with van der Waals surface area (Å²) in [4.78, 5) is 19.1. The minimum Gasteiger partial charge on any atom is -0.378 e. The van der Waals surface area contributed by atoms with Crippen molar-refractivity contribution in [3.8, 4) is 0 Å². The van der Waals surface area contributed by atoms with Crippen LogP contribution in [0, 0.1) is 0 Å². The molecule has 2 aromatic carbocycles. The van der Waals surface area contributed by atoms with E-state index in [4.69, 9.17) is 9.72 Å². The van der Waals surface area contributed by atoms with Crippen molar-refractivity contribution in [1.29, 1.82) is 0 Å². The largest absolute Gasteiger partial charge is 0.378 e. The molecule has 1 N–H and O–H groups in total. The Morgan fingerprint density at radius 2 is 1.96 bits per heavy atom. The van der Waals surface area contributed by atoms with Crippen molar-refractivity contribution in [3.63, 3.8) is 0 Å². The van der Waals surface area contributed by atoms with Gasteiger partial charge in [-0.3, -0.25) is 4.79 Å². The Kier molecular flexibility index (Phi) is 4.95. The van der Waals surface area contributed by atoms with Gasteiger partial charge in [-0.25, -0.2) is 4.98 Å². The summed E-state index contributed by atoms with van der Waals surface area (Å²) in [5.74, 6) is -0.147. The van der Waals surface area contributed by atoms with Gasteiger partial charge in [-0.05, 0) is 29.8 Å². The number of thiazole rings is 1. The van der Waals surface area contributed by atoms with E-state index in [2.05, 4.69) is 10.2 Å². The number of anilines is 2. The minimum absolute atomic E-state index is 0.147. The van der Waals surface area contributed by atoms with Gasteiger partial charge in [-0.1, -0.05) is 41.7 Å². The molecule has 4 rings (SSSR count). The number of ether oxygens (including phenoxy) is 1. The first-order chi connectivity index (χ1) is 12.8. The molecule has 3 aromatic rings. The zero-order valence-corrected chi connectivity index (χ0v) is 15.0. The van der Waals surface area contributed by atoms with Crippen molar-refractivity contribution in [3.05, 3.63) is 60.2 Å². The number of amides is 1. The Bertz CT molecular complexity index is 931. The van der Waals surface area contributed by atoms with Crippen molar-refractivity contribution < 1.29 is 9.53 Å². The number of carbonyl (C=O) groups is 1. The lowest BCUT2D eigenvalue weighted by molar-refractivity contribution is -0.111. The zero-order valence-electron chi connectivity index (χ0n) is 14.2. The molecule has 0 radical (unpaired) electrons. The predicted octanol–water partition coefficient (Wildman–Crippen LogP) is 3.78. The van der Waals surface area contributed by atoms with Crippen LogP contribution >= 0.6 is 11.3 Å². The molecule has 5 nitrogen and oxygen atoms in total. The molecule has 1 amide bonds. The van der Waals surface area contributed by atoms with Gasteiger partial charge in [0.2, 0.25) is 5.91 Å². The molecular weight excluding hydrogens is 346 g/mol. The molecule has 0 aliphatic carbocycles. The standard InChI is InChI=1S/C20H19N3O2S/c24-19(9-6-15-4-2-1-3-5-15)21-16-7-8-17-18(14-16)26-20(22-17)23-10-12-25-13-11-23/h1-9,14H,10-13H2,(H,21,24)/b9-6+. The van der Waals surface area contributed by atoms with Gasteiger partial charge in [-0.15, -0.1) is 0 Å². The molecule has 0 atom stereocenters. The zero-order chi connectivity index (χ0) is 17.8. The number of fused-ring (bicyclic) bond motifs is 1. The second-order valence-electron chi connectivity index (χ2n) is 6.01. The van der Waals surface area contributed by atoms with Crippen LogP contribution in [0.25, 0.3) is 16.3 Å². The van der Waals surface area contributed by atoms with Crippen LogP contribution in [0.2, 0.25) is 0 Å². The van der Waals surface area contributed by atoms with Crippen LogP contribution in [0.4, 0.5) is 10.8 Å². The number of hydrogen-bond donors (Lipinski definition) is 1. The van der Waals surface area contributed by atoms with Crippen molar-refractivity contribution in [2.75, 3.05) is 36.5 Å². The van der Waals surface area contributed by atoms with Crippen molar-refractivity contribution in [2.45, 2.75) is 0 Å². The Morgan fingerprint density at radius 3 is 2.77 bits per heavy atom. The van der Waals surface area contributed by atoms with E-state index in [0.717, 1.165) is 52.9 Å². The van der Waals surface area contributed by atoms with Gasteiger partial charge in [-0.2, -0.15) is 0 Å². The van der Waals surface area contributed by atoms with Crippen molar-refractivity contribution in [2.24, 2.45) is 0 Å². The van der Waals surface area contributed by atoms with Gasteiger partial charge in [0.25, 0.3) is 0 Å². The summed E-state index contributed by atoms with van der Waals surface area (Å²) < 4.78 is 6.46. The van der Waals surface area contributed by atoms with Crippen LogP contribution in [-0.4, -0.2) is 37.2 Å². The molecule has 1 aliphatic heterocycles. The van der Waals surface area contributed by atoms with Crippen LogP contribution in [0.1, 0.15) is 5.56 Å². The van der Waals surface area contributed by atoms with Crippen LogP contribution in [0.3, 0.4) is 0 Å². The molecular formula is C20H19N3O2S. The Labute approximate surface area is 155 Å². The lowest BCUT2D eigenvalue weighted by atomic mass is 10.2. The molecule has 6 heteroatoms. The predicted molar refractivity (Wildman–Crippen MR) is 107 cm³/mol. The quantitative estimate of drug-likeness (QED) is 0.715. The summed E-state index contributed by atoms with van der Waals surface area (Å²) in [5, 5.41) is 3.92. The Hall–Kier alpha value is -2.70. The molecule has 0 spiro atoms. The van der Waals surface area contributed by atoms with Crippen LogP contribution in [0.15, 0.2) is 54.6 Å². The summed E-state index contributed by atoms with van der Waals surface area (Å²) in [5.41, 5.74) is 2.72. The Balaban J connectivity index is 1.46. The number of hydrogen-bond acceptors (Lipinski definition) is 5. The average molecular weight is 365 g/mol. The number of nitrogens with one attached hydrogen (secondary N) is 1. The molecule has 1 aromatic heterocycles. The molecule has 2 heterocycles. The highest BCUT2D eigenvalue weighted by Gasteiger charge is 2.15. The van der Waals surface area contributed by atoms with Gasteiger partial charge in [0.05, 0.1) is 23.4 Å². The average Bonchev–Trinajstić information content (AvgIpc) is 3.11. The number of aromatic nitrogens is 1. The summed E-state index contributed by atoms with van der Waals surface area (Å²) in [6.45, 7) is 3.22. The maximum atomic E-state index is 12.1. The monoisotopic (exact) mass is 365 g/mol. The van der Waals surface area contributed by atoms with E-state index in [1.54, 1.807) is 23.5 Å². The van der Waals surface area contributed by atoms with E-state index >= 15 is 0 Å². The highest BCUT2D eigenvalue weighted by Crippen LogP contribution is 2.31. The fourth-order valence-corrected chi connectivity index (χ4v) is 3.86. The normalized spacial score (nSPS) is 14.8. The molecule has 26 heavy (non-hydrogen) atoms. The maximum Gasteiger partial charge on any atom is 0.248 e. The first-order valence-corrected chi connectivity index (χ1v) is 9.37. The molecule has 1 aliphatic rings. The third kappa shape index (κ3) is 3.92. The number of nitrogens with zero attached hydrogens (tertiary/aromatic N) is 2. The van der Waals surface area contributed by atoms with Gasteiger partial charge in [0, 0.05) is 24.9 Å². The topological polar surface area (TPSA) is 54.5 Å². The maximum absolute atomic E-state index is 12.1. The smallest absolute Gasteiger partial charge is 0.248 e. The van der Waals surface area contributed by atoms with Crippen LogP contribution in [0.5, 0.6) is 0 Å². The van der Waals surface area contributed by atoms with E-state index in [0.29, 0.717) is 0 Å². The summed E-state index contributed by atoms with van der Waals surface area (Å²) >= 11 is 1.65. The summed E-state index contributed by atoms with van der Waals surface area (Å²) in [6.07, 6.45) is 3.35. The number of morpholine rings is 1. The SMILES string of the molecule is O=C(/C=C/c1ccccc1)Nc1ccc2nc(N3CCOCC3)sc2c1. The minimum atomic E-state index is -0.147. The fourth-order valence-electron chi connectivity index (χ4n) is 2.80. The number of rotatable bonds is 4. The lowest BCUT2D eigenvalue weighted by Gasteiger charge is -2.25. The third-order valence-corrected chi connectivity index (χ3v) is 5.23. The van der Waals surface area contributed by atoms with E-state index in [1.807, 2.05) is 48.5 Å². The first kappa shape index (κ1) is 16.8. The van der Waals surface area contributed by atoms with E-state index in [9.17, 15) is 4.79 Å². The number of carbonyl (C=O) groups excluding carboxylic acids is 1. The molecule has 0 bridgehead atoms. The van der Waals surface area contributed by atoms with E-state index in [1.165, 1.54) is 0 Å². The summed E-state index contributed by atoms with van der Waals surface area (Å²) in [6, 6.07) is 15.6. The van der Waals surface area contributed by atoms with Crippen LogP contribution < -0.4 is 10.2 Å². The highest BCUT2D eigenvalue weighted by atomic mass is 32.1. The van der Waals surface area contributed by atoms with E-state index in [-0.39, 0.29) is 5.91 Å². The highest BCUT2D eigenvalue weighted by molar-refractivity contribution is 7.22. The molecule has 1 saturated heterocycles. The number of benzene rings is 2. The molecule has 0 unspecified atom stereocenters. The van der Waals surface area contributed by atoms with Gasteiger partial charge in [0.15, 0.2) is 5.13 Å². The second-order valence-corrected chi connectivity index (χ2v) is 7.02. The van der Waals surface area contributed by atoms with Gasteiger partial charge >= 0.3 is 0 Å².